The van der Waals surface area contributed by atoms with Crippen molar-refractivity contribution >= 4 is 5.95 Å². The number of hydrogen-bond acceptors (Lipinski definition) is 4. The molecule has 0 atom stereocenters. The minimum absolute atomic E-state index is 0.218. The number of hydrogen-bond donors (Lipinski definition) is 1. The van der Waals surface area contributed by atoms with Crippen molar-refractivity contribution in [2.45, 2.75) is 20.8 Å². The molecule has 88 valence electrons. The van der Waals surface area contributed by atoms with E-state index >= 15 is 0 Å². The molecule has 0 spiro atoms. The maximum absolute atomic E-state index is 5.77. The van der Waals surface area contributed by atoms with Crippen LogP contribution in [0.3, 0.4) is 0 Å². The largest absolute Gasteiger partial charge is 0.438 e. The van der Waals surface area contributed by atoms with E-state index in [-0.39, 0.29) is 5.95 Å². The number of benzene rings is 1. The standard InChI is InChI=1S/C13H15N3O/c1-8-5-4-6-11(10(8)3)17-12-9(2)7-15-13(14)16-12/h4-7H,1-3H3,(H2,14,15,16). The number of aryl methyl sites for hydroxylation is 2. The van der Waals surface area contributed by atoms with E-state index in [9.17, 15) is 0 Å². The SMILES string of the molecule is Cc1cnc(N)nc1Oc1cccc(C)c1C. The first kappa shape index (κ1) is 11.4. The van der Waals surface area contributed by atoms with Crippen LogP contribution in [0, 0.1) is 20.8 Å². The number of anilines is 1. The fourth-order valence-electron chi connectivity index (χ4n) is 1.48. The molecule has 4 heteroatoms. The van der Waals surface area contributed by atoms with Gasteiger partial charge in [-0.1, -0.05) is 12.1 Å². The molecule has 0 fully saturated rings. The monoisotopic (exact) mass is 229 g/mol. The van der Waals surface area contributed by atoms with E-state index in [1.165, 1.54) is 5.56 Å². The molecule has 1 heterocycles. The molecule has 0 aliphatic heterocycles. The molecule has 0 aliphatic carbocycles. The molecule has 4 nitrogen and oxygen atoms in total. The van der Waals surface area contributed by atoms with Crippen molar-refractivity contribution in [1.29, 1.82) is 0 Å². The molecule has 0 saturated heterocycles. The fraction of sp³-hybridized carbons (Fsp3) is 0.231. The number of rotatable bonds is 2. The lowest BCUT2D eigenvalue weighted by Gasteiger charge is -2.11. The number of ether oxygens (including phenoxy) is 1. The zero-order chi connectivity index (χ0) is 12.4. The van der Waals surface area contributed by atoms with Gasteiger partial charge in [0.2, 0.25) is 11.8 Å². The van der Waals surface area contributed by atoms with Crippen LogP contribution in [0.4, 0.5) is 5.95 Å². The molecular weight excluding hydrogens is 214 g/mol. The molecule has 0 bridgehead atoms. The van der Waals surface area contributed by atoms with Crippen LogP contribution in [-0.2, 0) is 0 Å². The van der Waals surface area contributed by atoms with Crippen molar-refractivity contribution in [3.8, 4) is 11.6 Å². The van der Waals surface area contributed by atoms with Gasteiger partial charge in [0.25, 0.3) is 0 Å². The van der Waals surface area contributed by atoms with Gasteiger partial charge in [0.1, 0.15) is 5.75 Å². The third-order valence-corrected chi connectivity index (χ3v) is 2.71. The lowest BCUT2D eigenvalue weighted by Crippen LogP contribution is -1.99. The Morgan fingerprint density at radius 2 is 1.88 bits per heavy atom. The summed E-state index contributed by atoms with van der Waals surface area (Å²) in [6.07, 6.45) is 1.66. The predicted molar refractivity (Wildman–Crippen MR) is 67.2 cm³/mol. The van der Waals surface area contributed by atoms with Crippen LogP contribution in [0.2, 0.25) is 0 Å². The van der Waals surface area contributed by atoms with E-state index in [2.05, 4.69) is 9.97 Å². The van der Waals surface area contributed by atoms with Gasteiger partial charge in [0.15, 0.2) is 0 Å². The summed E-state index contributed by atoms with van der Waals surface area (Å²) < 4.78 is 5.77. The summed E-state index contributed by atoms with van der Waals surface area (Å²) in [4.78, 5) is 7.99. The van der Waals surface area contributed by atoms with Crippen molar-refractivity contribution in [1.82, 2.24) is 9.97 Å². The van der Waals surface area contributed by atoms with Gasteiger partial charge in [0, 0.05) is 11.8 Å². The third-order valence-electron chi connectivity index (χ3n) is 2.71. The van der Waals surface area contributed by atoms with E-state index in [0.717, 1.165) is 16.9 Å². The molecule has 0 unspecified atom stereocenters. The van der Waals surface area contributed by atoms with E-state index in [4.69, 9.17) is 10.5 Å². The van der Waals surface area contributed by atoms with Gasteiger partial charge in [-0.15, -0.1) is 0 Å². The first-order chi connectivity index (χ1) is 8.08. The van der Waals surface area contributed by atoms with Gasteiger partial charge < -0.3 is 10.5 Å². The highest BCUT2D eigenvalue weighted by molar-refractivity contribution is 5.41. The molecule has 17 heavy (non-hydrogen) atoms. The van der Waals surface area contributed by atoms with Gasteiger partial charge in [0.05, 0.1) is 0 Å². The van der Waals surface area contributed by atoms with Gasteiger partial charge >= 0.3 is 0 Å². The average molecular weight is 229 g/mol. The van der Waals surface area contributed by atoms with Gasteiger partial charge in [-0.3, -0.25) is 0 Å². The number of aromatic nitrogens is 2. The molecule has 0 amide bonds. The maximum atomic E-state index is 5.77. The Kier molecular flexibility index (Phi) is 2.95. The smallest absolute Gasteiger partial charge is 0.226 e. The Labute approximate surface area is 100 Å². The summed E-state index contributed by atoms with van der Waals surface area (Å²) in [5.74, 6) is 1.52. The minimum atomic E-state index is 0.218. The maximum Gasteiger partial charge on any atom is 0.226 e. The second kappa shape index (κ2) is 4.41. The Morgan fingerprint density at radius 3 is 2.65 bits per heavy atom. The first-order valence-corrected chi connectivity index (χ1v) is 5.41. The summed E-state index contributed by atoms with van der Waals surface area (Å²) in [6, 6.07) is 5.92. The molecule has 0 aliphatic rings. The van der Waals surface area contributed by atoms with Crippen LogP contribution in [0.1, 0.15) is 16.7 Å². The fourth-order valence-corrected chi connectivity index (χ4v) is 1.48. The zero-order valence-electron chi connectivity index (χ0n) is 10.2. The van der Waals surface area contributed by atoms with Crippen molar-refractivity contribution in [3.05, 3.63) is 41.1 Å². The Bertz CT molecular complexity index is 552. The van der Waals surface area contributed by atoms with E-state index in [0.29, 0.717) is 5.88 Å². The van der Waals surface area contributed by atoms with Crippen molar-refractivity contribution in [2.24, 2.45) is 0 Å². The van der Waals surface area contributed by atoms with Crippen LogP contribution < -0.4 is 10.5 Å². The molecule has 2 N–H and O–H groups in total. The predicted octanol–water partition coefficient (Wildman–Crippen LogP) is 2.78. The van der Waals surface area contributed by atoms with Gasteiger partial charge in [-0.25, -0.2) is 4.98 Å². The van der Waals surface area contributed by atoms with Crippen molar-refractivity contribution in [3.63, 3.8) is 0 Å². The second-order valence-corrected chi connectivity index (χ2v) is 4.02. The van der Waals surface area contributed by atoms with Gasteiger partial charge in [-0.2, -0.15) is 4.98 Å². The number of nitrogens with two attached hydrogens (primary N) is 1. The normalized spacial score (nSPS) is 10.3. The van der Waals surface area contributed by atoms with E-state index < -0.39 is 0 Å². The van der Waals surface area contributed by atoms with Crippen molar-refractivity contribution < 1.29 is 4.74 Å². The van der Waals surface area contributed by atoms with E-state index in [1.54, 1.807) is 6.20 Å². The zero-order valence-corrected chi connectivity index (χ0v) is 10.2. The lowest BCUT2D eigenvalue weighted by atomic mass is 10.1. The van der Waals surface area contributed by atoms with Gasteiger partial charge in [-0.05, 0) is 38.0 Å². The first-order valence-electron chi connectivity index (χ1n) is 5.41. The summed E-state index contributed by atoms with van der Waals surface area (Å²) in [6.45, 7) is 5.95. The quantitative estimate of drug-likeness (QED) is 0.860. The third kappa shape index (κ3) is 2.36. The number of nitrogens with zero attached hydrogens (tertiary/aromatic N) is 2. The highest BCUT2D eigenvalue weighted by atomic mass is 16.5. The Morgan fingerprint density at radius 1 is 1.12 bits per heavy atom. The van der Waals surface area contributed by atoms with Crippen LogP contribution in [0.15, 0.2) is 24.4 Å². The second-order valence-electron chi connectivity index (χ2n) is 4.02. The average Bonchev–Trinajstić information content (AvgIpc) is 2.30. The molecule has 1 aromatic carbocycles. The minimum Gasteiger partial charge on any atom is -0.438 e. The highest BCUT2D eigenvalue weighted by Crippen LogP contribution is 2.27. The molecule has 0 saturated carbocycles. The summed E-state index contributed by atoms with van der Waals surface area (Å²) in [5, 5.41) is 0. The van der Waals surface area contributed by atoms with E-state index in [1.807, 2.05) is 39.0 Å². The molecule has 1 aromatic heterocycles. The van der Waals surface area contributed by atoms with Crippen LogP contribution >= 0.6 is 0 Å². The Hall–Kier alpha value is -2.10. The topological polar surface area (TPSA) is 61.0 Å². The highest BCUT2D eigenvalue weighted by Gasteiger charge is 2.07. The molecule has 0 radical (unpaired) electrons. The summed E-state index contributed by atoms with van der Waals surface area (Å²) in [5.41, 5.74) is 8.69. The van der Waals surface area contributed by atoms with Crippen LogP contribution in [0.25, 0.3) is 0 Å². The molecule has 2 rings (SSSR count). The molecular formula is C13H15N3O. The van der Waals surface area contributed by atoms with Crippen molar-refractivity contribution in [2.75, 3.05) is 5.73 Å². The summed E-state index contributed by atoms with van der Waals surface area (Å²) >= 11 is 0. The lowest BCUT2D eigenvalue weighted by molar-refractivity contribution is 0.454. The summed E-state index contributed by atoms with van der Waals surface area (Å²) in [7, 11) is 0. The Balaban J connectivity index is 2.38. The van der Waals surface area contributed by atoms with Crippen LogP contribution in [-0.4, -0.2) is 9.97 Å². The molecule has 2 aromatic rings. The number of nitrogen functional groups attached to an aromatic ring is 1. The van der Waals surface area contributed by atoms with Crippen LogP contribution in [0.5, 0.6) is 11.6 Å².